The summed E-state index contributed by atoms with van der Waals surface area (Å²) < 4.78 is 10.1. The molecule has 2 nitrogen and oxygen atoms in total. The number of hydrogen-bond donors (Lipinski definition) is 0. The molecule has 0 saturated heterocycles. The molecule has 1 aliphatic rings. The van der Waals surface area contributed by atoms with E-state index in [1.54, 1.807) is 0 Å². The van der Waals surface area contributed by atoms with Gasteiger partial charge >= 0.3 is 0 Å². The normalized spacial score (nSPS) is 17.8. The van der Waals surface area contributed by atoms with Crippen molar-refractivity contribution in [2.24, 2.45) is 0 Å². The van der Waals surface area contributed by atoms with Crippen molar-refractivity contribution < 1.29 is 9.47 Å². The van der Waals surface area contributed by atoms with Gasteiger partial charge in [0.1, 0.15) is 11.5 Å². The molecular formula is C7H10O2. The summed E-state index contributed by atoms with van der Waals surface area (Å²) in [5, 5.41) is 0. The third-order valence-electron chi connectivity index (χ3n) is 1.22. The lowest BCUT2D eigenvalue weighted by Crippen LogP contribution is -1.79. The maximum Gasteiger partial charge on any atom is 0.282 e. The van der Waals surface area contributed by atoms with Crippen LogP contribution < -0.4 is 0 Å². The lowest BCUT2D eigenvalue weighted by molar-refractivity contribution is 0.178. The first-order chi connectivity index (χ1) is 4.24. The molecule has 0 aliphatic carbocycles. The van der Waals surface area contributed by atoms with E-state index in [0.717, 1.165) is 17.9 Å². The quantitative estimate of drug-likeness (QED) is 0.536. The van der Waals surface area contributed by atoms with Gasteiger partial charge in [-0.05, 0) is 13.5 Å². The summed E-state index contributed by atoms with van der Waals surface area (Å²) in [7, 11) is 0. The van der Waals surface area contributed by atoms with Crippen molar-refractivity contribution in [3.8, 4) is 0 Å². The Morgan fingerprint density at radius 3 is 2.33 bits per heavy atom. The molecule has 0 aromatic rings. The van der Waals surface area contributed by atoms with Crippen LogP contribution in [0.25, 0.3) is 0 Å². The topological polar surface area (TPSA) is 18.5 Å². The van der Waals surface area contributed by atoms with Crippen molar-refractivity contribution in [3.05, 3.63) is 24.0 Å². The highest BCUT2D eigenvalue weighted by Gasteiger charge is 2.14. The first-order valence-electron chi connectivity index (χ1n) is 2.98. The minimum Gasteiger partial charge on any atom is -0.428 e. The van der Waals surface area contributed by atoms with Gasteiger partial charge in [-0.2, -0.15) is 0 Å². The summed E-state index contributed by atoms with van der Waals surface area (Å²) in [6.45, 7) is 7.40. The zero-order valence-electron chi connectivity index (χ0n) is 5.73. The van der Waals surface area contributed by atoms with E-state index in [1.807, 2.05) is 13.8 Å². The molecule has 0 amide bonds. The molecule has 0 saturated carbocycles. The second-order valence-electron chi connectivity index (χ2n) is 1.91. The van der Waals surface area contributed by atoms with Gasteiger partial charge in [-0.3, -0.25) is 0 Å². The summed E-state index contributed by atoms with van der Waals surface area (Å²) in [6.07, 6.45) is 0.866. The molecule has 0 aromatic heterocycles. The molecular weight excluding hydrogens is 116 g/mol. The van der Waals surface area contributed by atoms with Crippen LogP contribution in [0.4, 0.5) is 0 Å². The van der Waals surface area contributed by atoms with E-state index in [0.29, 0.717) is 5.95 Å². The predicted molar refractivity (Wildman–Crippen MR) is 34.3 cm³/mol. The Labute approximate surface area is 54.8 Å². The SMILES string of the molecule is C=C1OC(C)=C(CC)O1. The number of rotatable bonds is 1. The molecule has 1 rings (SSSR count). The zero-order chi connectivity index (χ0) is 6.85. The van der Waals surface area contributed by atoms with Crippen LogP contribution >= 0.6 is 0 Å². The highest BCUT2D eigenvalue weighted by atomic mass is 16.7. The average Bonchev–Trinajstić information content (AvgIpc) is 2.10. The smallest absolute Gasteiger partial charge is 0.282 e. The number of allylic oxidation sites excluding steroid dienone is 2. The van der Waals surface area contributed by atoms with E-state index in [4.69, 9.17) is 9.47 Å². The second-order valence-corrected chi connectivity index (χ2v) is 1.91. The molecule has 50 valence electrons. The predicted octanol–water partition coefficient (Wildman–Crippen LogP) is 2.15. The molecule has 0 spiro atoms. The van der Waals surface area contributed by atoms with Gasteiger partial charge in [0.15, 0.2) is 0 Å². The Balaban J connectivity index is 2.69. The number of ether oxygens (including phenoxy) is 2. The van der Waals surface area contributed by atoms with Gasteiger partial charge in [-0.15, -0.1) is 0 Å². The molecule has 0 radical (unpaired) electrons. The van der Waals surface area contributed by atoms with E-state index < -0.39 is 0 Å². The second kappa shape index (κ2) is 2.13. The molecule has 0 unspecified atom stereocenters. The maximum atomic E-state index is 5.09. The Morgan fingerprint density at radius 1 is 1.44 bits per heavy atom. The first kappa shape index (κ1) is 6.20. The van der Waals surface area contributed by atoms with Gasteiger partial charge in [-0.25, -0.2) is 0 Å². The summed E-state index contributed by atoms with van der Waals surface area (Å²) in [4.78, 5) is 0. The minimum absolute atomic E-state index is 0.393. The van der Waals surface area contributed by atoms with E-state index in [2.05, 4.69) is 6.58 Å². The third kappa shape index (κ3) is 1.07. The van der Waals surface area contributed by atoms with Crippen LogP contribution in [0.1, 0.15) is 20.3 Å². The Morgan fingerprint density at radius 2 is 2.11 bits per heavy atom. The van der Waals surface area contributed by atoms with Gasteiger partial charge in [0, 0.05) is 6.42 Å². The molecule has 1 heterocycles. The van der Waals surface area contributed by atoms with Crippen LogP contribution in [-0.4, -0.2) is 0 Å². The van der Waals surface area contributed by atoms with Gasteiger partial charge < -0.3 is 9.47 Å². The summed E-state index contributed by atoms with van der Waals surface area (Å²) >= 11 is 0. The molecule has 1 aliphatic heterocycles. The van der Waals surface area contributed by atoms with Gasteiger partial charge in [0.05, 0.1) is 0 Å². The highest BCUT2D eigenvalue weighted by Crippen LogP contribution is 2.24. The maximum absolute atomic E-state index is 5.09. The fraction of sp³-hybridized carbons (Fsp3) is 0.429. The molecule has 0 bridgehead atoms. The van der Waals surface area contributed by atoms with Gasteiger partial charge in [0.2, 0.25) is 0 Å². The highest BCUT2D eigenvalue weighted by molar-refractivity contribution is 5.07. The van der Waals surface area contributed by atoms with Crippen LogP contribution in [0.15, 0.2) is 24.0 Å². The van der Waals surface area contributed by atoms with Gasteiger partial charge in [-0.1, -0.05) is 6.92 Å². The Hall–Kier alpha value is -0.920. The van der Waals surface area contributed by atoms with E-state index in [9.17, 15) is 0 Å². The summed E-state index contributed by atoms with van der Waals surface area (Å²) in [5.41, 5.74) is 0. The van der Waals surface area contributed by atoms with Crippen LogP contribution in [0.2, 0.25) is 0 Å². The van der Waals surface area contributed by atoms with Crippen molar-refractivity contribution in [1.82, 2.24) is 0 Å². The van der Waals surface area contributed by atoms with E-state index in [1.165, 1.54) is 0 Å². The third-order valence-corrected chi connectivity index (χ3v) is 1.22. The standard InChI is InChI=1S/C7H10O2/c1-4-7-5(2)8-6(3)9-7/h3-4H2,1-2H3. The van der Waals surface area contributed by atoms with Crippen molar-refractivity contribution >= 4 is 0 Å². The summed E-state index contributed by atoms with van der Waals surface area (Å²) in [6, 6.07) is 0. The summed E-state index contributed by atoms with van der Waals surface area (Å²) in [5.74, 6) is 2.12. The van der Waals surface area contributed by atoms with Gasteiger partial charge in [0.25, 0.3) is 5.95 Å². The first-order valence-corrected chi connectivity index (χ1v) is 2.98. The molecule has 0 N–H and O–H groups in total. The lowest BCUT2D eigenvalue weighted by Gasteiger charge is -1.93. The molecule has 0 aromatic carbocycles. The Kier molecular flexibility index (Phi) is 1.47. The minimum atomic E-state index is 0.393. The molecule has 0 atom stereocenters. The van der Waals surface area contributed by atoms with Crippen molar-refractivity contribution in [3.63, 3.8) is 0 Å². The van der Waals surface area contributed by atoms with Crippen molar-refractivity contribution in [2.45, 2.75) is 20.3 Å². The monoisotopic (exact) mass is 126 g/mol. The Bertz CT molecular complexity index is 168. The van der Waals surface area contributed by atoms with Crippen LogP contribution in [0.3, 0.4) is 0 Å². The van der Waals surface area contributed by atoms with Crippen molar-refractivity contribution in [2.75, 3.05) is 0 Å². The molecule has 2 heteroatoms. The average molecular weight is 126 g/mol. The molecule has 0 fully saturated rings. The lowest BCUT2D eigenvalue weighted by atomic mass is 10.3. The van der Waals surface area contributed by atoms with Crippen LogP contribution in [0, 0.1) is 0 Å². The van der Waals surface area contributed by atoms with Crippen molar-refractivity contribution in [1.29, 1.82) is 0 Å². The zero-order valence-corrected chi connectivity index (χ0v) is 5.73. The van der Waals surface area contributed by atoms with E-state index in [-0.39, 0.29) is 0 Å². The van der Waals surface area contributed by atoms with E-state index >= 15 is 0 Å². The van der Waals surface area contributed by atoms with Crippen LogP contribution in [-0.2, 0) is 9.47 Å². The fourth-order valence-electron chi connectivity index (χ4n) is 0.779. The largest absolute Gasteiger partial charge is 0.428 e. The molecule has 9 heavy (non-hydrogen) atoms. The fourth-order valence-corrected chi connectivity index (χ4v) is 0.779. The van der Waals surface area contributed by atoms with Crippen LogP contribution in [0.5, 0.6) is 0 Å². The number of hydrogen-bond acceptors (Lipinski definition) is 2.